The second-order valence-electron chi connectivity index (χ2n) is 7.80. The molecule has 11 heteroatoms. The molecule has 3 aromatic heterocycles. The van der Waals surface area contributed by atoms with E-state index >= 15 is 0 Å². The maximum Gasteiger partial charge on any atom is 0.258 e. The van der Waals surface area contributed by atoms with E-state index in [4.69, 9.17) is 4.74 Å². The first-order valence-electron chi connectivity index (χ1n) is 10.6. The van der Waals surface area contributed by atoms with Crippen molar-refractivity contribution in [3.8, 4) is 17.1 Å². The Morgan fingerprint density at radius 1 is 1.15 bits per heavy atom. The van der Waals surface area contributed by atoms with Crippen LogP contribution in [0.4, 0.5) is 4.39 Å². The molecule has 1 aliphatic rings. The van der Waals surface area contributed by atoms with Gasteiger partial charge >= 0.3 is 0 Å². The third-order valence-electron chi connectivity index (χ3n) is 5.45. The second kappa shape index (κ2) is 9.89. The average molecular weight is 465 g/mol. The predicted molar refractivity (Wildman–Crippen MR) is 121 cm³/mol. The first-order valence-corrected chi connectivity index (χ1v) is 10.6. The summed E-state index contributed by atoms with van der Waals surface area (Å²) in [6.45, 7) is 3.42. The quantitative estimate of drug-likeness (QED) is 0.444. The molecule has 1 fully saturated rings. The fourth-order valence-electron chi connectivity index (χ4n) is 3.85. The van der Waals surface area contributed by atoms with Crippen molar-refractivity contribution in [3.63, 3.8) is 0 Å². The van der Waals surface area contributed by atoms with Crippen molar-refractivity contribution in [1.29, 1.82) is 0 Å². The number of hydrogen-bond donors (Lipinski definition) is 0. The van der Waals surface area contributed by atoms with E-state index in [0.717, 1.165) is 18.2 Å². The van der Waals surface area contributed by atoms with Crippen LogP contribution in [0.5, 0.6) is 0 Å². The second-order valence-corrected chi connectivity index (χ2v) is 7.80. The van der Waals surface area contributed by atoms with Gasteiger partial charge in [0.1, 0.15) is 11.5 Å². The number of aromatic nitrogens is 6. The molecule has 0 spiro atoms. The van der Waals surface area contributed by atoms with Crippen molar-refractivity contribution < 1.29 is 19.4 Å². The zero-order chi connectivity index (χ0) is 22.8. The molecular formula is C23H24FN7O3. The summed E-state index contributed by atoms with van der Waals surface area (Å²) >= 11 is 0. The Labute approximate surface area is 194 Å². The summed E-state index contributed by atoms with van der Waals surface area (Å²) in [4.78, 5) is 20.9. The van der Waals surface area contributed by atoms with E-state index in [1.54, 1.807) is 40.3 Å². The lowest BCUT2D eigenvalue weighted by atomic mass is 10.1. The largest absolute Gasteiger partial charge is 0.412 e. The molecule has 0 aliphatic carbocycles. The molecule has 1 saturated heterocycles. The lowest BCUT2D eigenvalue weighted by Gasteiger charge is -2.36. The zero-order valence-corrected chi connectivity index (χ0v) is 18.5. The predicted octanol–water partition coefficient (Wildman–Crippen LogP) is 2.04. The maximum absolute atomic E-state index is 13.6. The summed E-state index contributed by atoms with van der Waals surface area (Å²) in [6.07, 6.45) is 6.37. The van der Waals surface area contributed by atoms with Gasteiger partial charge in [-0.1, -0.05) is 11.6 Å². The van der Waals surface area contributed by atoms with E-state index in [1.165, 1.54) is 10.9 Å². The van der Waals surface area contributed by atoms with Gasteiger partial charge in [-0.25, -0.2) is 4.39 Å². The first-order chi connectivity index (χ1) is 16.1. The van der Waals surface area contributed by atoms with Crippen LogP contribution in [-0.4, -0.2) is 65.4 Å². The SMILES string of the molecule is Cc1ccc(-n2nccn2)c(C(=O)N2CCCOC2Cn2ccc(-c3ccc(F)cn3)n2)c1.O. The molecule has 2 N–H and O–H groups in total. The topological polar surface area (TPSA) is 122 Å². The van der Waals surface area contributed by atoms with Crippen LogP contribution in [-0.2, 0) is 11.3 Å². The summed E-state index contributed by atoms with van der Waals surface area (Å²) in [5.41, 5.74) is 3.28. The highest BCUT2D eigenvalue weighted by Crippen LogP contribution is 2.22. The van der Waals surface area contributed by atoms with Crippen LogP contribution in [0, 0.1) is 12.7 Å². The number of carbonyl (C=O) groups excluding carboxylic acids is 1. The fourth-order valence-corrected chi connectivity index (χ4v) is 3.85. The number of nitrogens with zero attached hydrogens (tertiary/aromatic N) is 7. The highest BCUT2D eigenvalue weighted by molar-refractivity contribution is 5.98. The minimum Gasteiger partial charge on any atom is -0.412 e. The van der Waals surface area contributed by atoms with Gasteiger partial charge < -0.3 is 15.1 Å². The normalized spacial score (nSPS) is 15.7. The summed E-state index contributed by atoms with van der Waals surface area (Å²) in [5, 5.41) is 12.9. The van der Waals surface area contributed by atoms with Crippen molar-refractivity contribution in [2.75, 3.05) is 13.2 Å². The van der Waals surface area contributed by atoms with Crippen LogP contribution < -0.4 is 0 Å². The molecule has 0 bridgehead atoms. The van der Waals surface area contributed by atoms with E-state index in [-0.39, 0.29) is 11.4 Å². The number of amides is 1. The summed E-state index contributed by atoms with van der Waals surface area (Å²) in [7, 11) is 0. The van der Waals surface area contributed by atoms with Gasteiger partial charge in [0, 0.05) is 12.7 Å². The lowest BCUT2D eigenvalue weighted by Crippen LogP contribution is -2.48. The number of carbonyl (C=O) groups is 1. The average Bonchev–Trinajstić information content (AvgIpc) is 3.52. The van der Waals surface area contributed by atoms with Gasteiger partial charge in [-0.2, -0.15) is 20.1 Å². The molecule has 1 aliphatic heterocycles. The summed E-state index contributed by atoms with van der Waals surface area (Å²) in [5.74, 6) is -0.549. The van der Waals surface area contributed by atoms with Gasteiger partial charge in [-0.3, -0.25) is 14.5 Å². The Hall–Kier alpha value is -3.96. The number of benzene rings is 1. The van der Waals surface area contributed by atoms with E-state index < -0.39 is 12.0 Å². The van der Waals surface area contributed by atoms with Gasteiger partial charge in [0.05, 0.1) is 48.7 Å². The third-order valence-corrected chi connectivity index (χ3v) is 5.45. The molecule has 10 nitrogen and oxygen atoms in total. The number of halogens is 1. The number of pyridine rings is 1. The van der Waals surface area contributed by atoms with Crippen molar-refractivity contribution in [2.24, 2.45) is 0 Å². The lowest BCUT2D eigenvalue weighted by molar-refractivity contribution is -0.0861. The van der Waals surface area contributed by atoms with Crippen molar-refractivity contribution >= 4 is 5.91 Å². The van der Waals surface area contributed by atoms with Crippen LogP contribution in [0.25, 0.3) is 17.1 Å². The maximum atomic E-state index is 13.6. The minimum absolute atomic E-state index is 0. The molecule has 4 heterocycles. The highest BCUT2D eigenvalue weighted by Gasteiger charge is 2.30. The van der Waals surface area contributed by atoms with E-state index in [1.807, 2.05) is 25.1 Å². The van der Waals surface area contributed by atoms with Gasteiger partial charge in [0.25, 0.3) is 5.91 Å². The van der Waals surface area contributed by atoms with Crippen LogP contribution in [0.2, 0.25) is 0 Å². The molecule has 0 saturated carbocycles. The number of hydrogen-bond acceptors (Lipinski definition) is 6. The standard InChI is InChI=1S/C23H22FN7O2.H2O/c1-16-3-6-21(31-26-8-9-27-31)18(13-16)23(32)30-10-2-12-33-22(30)15-29-11-7-20(28-29)19-5-4-17(24)14-25-19;/h3-9,11,13-14,22H,2,10,12,15H2,1H3;1H2. The molecule has 1 amide bonds. The minimum atomic E-state index is -0.487. The Kier molecular flexibility index (Phi) is 6.75. The molecule has 5 rings (SSSR count). The Morgan fingerprint density at radius 2 is 1.97 bits per heavy atom. The molecule has 176 valence electrons. The van der Waals surface area contributed by atoms with Crippen LogP contribution in [0.3, 0.4) is 0 Å². The number of ether oxygens (including phenoxy) is 1. The Balaban J connectivity index is 0.00000274. The monoisotopic (exact) mass is 465 g/mol. The molecule has 1 atom stereocenters. The van der Waals surface area contributed by atoms with Crippen LogP contribution in [0.1, 0.15) is 22.3 Å². The molecule has 1 unspecified atom stereocenters. The van der Waals surface area contributed by atoms with Crippen molar-refractivity contribution in [3.05, 3.63) is 78.1 Å². The Bertz CT molecular complexity index is 1260. The molecule has 34 heavy (non-hydrogen) atoms. The highest BCUT2D eigenvalue weighted by atomic mass is 19.1. The molecule has 1 aromatic carbocycles. The molecule has 0 radical (unpaired) electrons. The smallest absolute Gasteiger partial charge is 0.258 e. The van der Waals surface area contributed by atoms with Gasteiger partial charge in [-0.15, -0.1) is 0 Å². The summed E-state index contributed by atoms with van der Waals surface area (Å²) in [6, 6.07) is 10.3. The van der Waals surface area contributed by atoms with Gasteiger partial charge in [-0.05, 0) is 43.7 Å². The van der Waals surface area contributed by atoms with Gasteiger partial charge in [0.2, 0.25) is 0 Å². The van der Waals surface area contributed by atoms with Crippen LogP contribution in [0.15, 0.2) is 61.2 Å². The number of aryl methyl sites for hydroxylation is 1. The van der Waals surface area contributed by atoms with Crippen molar-refractivity contribution in [1.82, 2.24) is 34.7 Å². The number of rotatable bonds is 5. The van der Waals surface area contributed by atoms with E-state index in [9.17, 15) is 9.18 Å². The Morgan fingerprint density at radius 3 is 2.74 bits per heavy atom. The molecular weight excluding hydrogens is 441 g/mol. The zero-order valence-electron chi connectivity index (χ0n) is 18.5. The summed E-state index contributed by atoms with van der Waals surface area (Å²) < 4.78 is 20.8. The van der Waals surface area contributed by atoms with Crippen molar-refractivity contribution in [2.45, 2.75) is 26.1 Å². The fraction of sp³-hybridized carbons (Fsp3) is 0.261. The van der Waals surface area contributed by atoms with E-state index in [2.05, 4.69) is 20.3 Å². The molecule has 4 aromatic rings. The third kappa shape index (κ3) is 4.70. The van der Waals surface area contributed by atoms with Gasteiger partial charge in [0.15, 0.2) is 6.23 Å². The van der Waals surface area contributed by atoms with Crippen LogP contribution >= 0.6 is 0 Å². The first kappa shape index (κ1) is 23.2. The van der Waals surface area contributed by atoms with E-state index in [0.29, 0.717) is 42.3 Å².